The molecule has 6 nitrogen and oxygen atoms in total. The van der Waals surface area contributed by atoms with Crippen molar-refractivity contribution in [2.45, 2.75) is 0 Å². The first-order valence-corrected chi connectivity index (χ1v) is 6.01. The van der Waals surface area contributed by atoms with Gasteiger partial charge in [0.15, 0.2) is 0 Å². The highest BCUT2D eigenvalue weighted by atomic mass is 16.4. The lowest BCUT2D eigenvalue weighted by atomic mass is 10.2. The van der Waals surface area contributed by atoms with E-state index in [4.69, 9.17) is 0 Å². The zero-order valence-electron chi connectivity index (χ0n) is 10.7. The molecule has 3 rings (SSSR count). The molecule has 0 aliphatic heterocycles. The number of rotatable bonds is 3. The van der Waals surface area contributed by atoms with Crippen molar-refractivity contribution >= 4 is 28.4 Å². The molecule has 0 unspecified atom stereocenters. The molecule has 0 fully saturated rings. The second-order valence-corrected chi connectivity index (χ2v) is 4.36. The molecule has 2 aromatic heterocycles. The van der Waals surface area contributed by atoms with E-state index in [0.29, 0.717) is 5.82 Å². The number of aromatic nitrogens is 3. The average molecular weight is 268 g/mol. The van der Waals surface area contributed by atoms with Crippen molar-refractivity contribution < 1.29 is 9.90 Å². The topological polar surface area (TPSA) is 80.0 Å². The monoisotopic (exact) mass is 268 g/mol. The van der Waals surface area contributed by atoms with E-state index in [1.165, 1.54) is 6.33 Å². The van der Waals surface area contributed by atoms with Crippen LogP contribution >= 0.6 is 0 Å². The van der Waals surface area contributed by atoms with E-state index in [1.807, 2.05) is 18.2 Å². The molecule has 6 heteroatoms. The molecule has 0 atom stereocenters. The molecular formula is C14H12N4O2. The third-order valence-corrected chi connectivity index (χ3v) is 3.12. The molecule has 0 amide bonds. The van der Waals surface area contributed by atoms with Crippen LogP contribution in [-0.4, -0.2) is 25.6 Å². The van der Waals surface area contributed by atoms with Crippen molar-refractivity contribution in [1.29, 1.82) is 0 Å². The van der Waals surface area contributed by atoms with E-state index in [2.05, 4.69) is 15.3 Å². The summed E-state index contributed by atoms with van der Waals surface area (Å²) in [5.41, 5.74) is 1.87. The first kappa shape index (κ1) is 12.2. The van der Waals surface area contributed by atoms with Crippen molar-refractivity contribution in [2.75, 3.05) is 5.32 Å². The molecule has 2 heterocycles. The number of benzene rings is 1. The van der Waals surface area contributed by atoms with E-state index < -0.39 is 5.97 Å². The van der Waals surface area contributed by atoms with Crippen LogP contribution in [0.25, 0.3) is 10.9 Å². The summed E-state index contributed by atoms with van der Waals surface area (Å²) in [5.74, 6) is -0.290. The maximum Gasteiger partial charge on any atom is 0.352 e. The standard InChI is InChI=1S/C14H12N4O2/c1-18-11(14(19)20)7-9-3-2-4-10(13(9)18)17-12-5-6-15-8-16-12/h2-8H,1H3,(H,19,20)(H,15,16,17). The van der Waals surface area contributed by atoms with Crippen molar-refractivity contribution in [3.63, 3.8) is 0 Å². The van der Waals surface area contributed by atoms with Gasteiger partial charge < -0.3 is 15.0 Å². The van der Waals surface area contributed by atoms with Crippen LogP contribution in [0.2, 0.25) is 0 Å². The van der Waals surface area contributed by atoms with E-state index in [9.17, 15) is 9.90 Å². The SMILES string of the molecule is Cn1c(C(=O)O)cc2cccc(Nc3ccncn3)c21. The van der Waals surface area contributed by atoms with E-state index in [0.717, 1.165) is 16.6 Å². The van der Waals surface area contributed by atoms with E-state index in [-0.39, 0.29) is 5.69 Å². The fourth-order valence-corrected chi connectivity index (χ4v) is 2.23. The Morgan fingerprint density at radius 1 is 1.35 bits per heavy atom. The summed E-state index contributed by atoms with van der Waals surface area (Å²) in [7, 11) is 1.73. The first-order valence-electron chi connectivity index (χ1n) is 6.01. The number of hydrogen-bond acceptors (Lipinski definition) is 4. The number of para-hydroxylation sites is 1. The van der Waals surface area contributed by atoms with Crippen LogP contribution in [-0.2, 0) is 7.05 Å². The van der Waals surface area contributed by atoms with Gasteiger partial charge in [-0.15, -0.1) is 0 Å². The molecule has 0 spiro atoms. The molecule has 1 aromatic carbocycles. The Bertz CT molecular complexity index is 780. The Balaban J connectivity index is 2.14. The van der Waals surface area contributed by atoms with Gasteiger partial charge >= 0.3 is 5.97 Å². The maximum absolute atomic E-state index is 11.2. The van der Waals surface area contributed by atoms with Gasteiger partial charge in [-0.2, -0.15) is 0 Å². The summed E-state index contributed by atoms with van der Waals surface area (Å²) < 4.78 is 1.65. The number of carboxylic acid groups (broad SMARTS) is 1. The van der Waals surface area contributed by atoms with Crippen molar-refractivity contribution in [3.8, 4) is 0 Å². The molecule has 20 heavy (non-hydrogen) atoms. The third kappa shape index (κ3) is 1.97. The number of aryl methyl sites for hydroxylation is 1. The minimum absolute atomic E-state index is 0.247. The van der Waals surface area contributed by atoms with Crippen LogP contribution in [0.5, 0.6) is 0 Å². The molecule has 0 bridgehead atoms. The van der Waals surface area contributed by atoms with Crippen LogP contribution in [0.3, 0.4) is 0 Å². The van der Waals surface area contributed by atoms with Gasteiger partial charge in [-0.1, -0.05) is 12.1 Å². The minimum atomic E-state index is -0.948. The zero-order chi connectivity index (χ0) is 14.1. The predicted molar refractivity (Wildman–Crippen MR) is 75.2 cm³/mol. The average Bonchev–Trinajstić information content (AvgIpc) is 2.79. The van der Waals surface area contributed by atoms with Crippen LogP contribution in [0.15, 0.2) is 42.9 Å². The summed E-state index contributed by atoms with van der Waals surface area (Å²) in [5, 5.41) is 13.2. The molecule has 0 saturated heterocycles. The molecule has 0 radical (unpaired) electrons. The number of carbonyl (C=O) groups is 1. The third-order valence-electron chi connectivity index (χ3n) is 3.12. The fraction of sp³-hybridized carbons (Fsp3) is 0.0714. The Kier molecular flexibility index (Phi) is 2.83. The lowest BCUT2D eigenvalue weighted by Crippen LogP contribution is -2.04. The summed E-state index contributed by atoms with van der Waals surface area (Å²) in [6.45, 7) is 0. The Morgan fingerprint density at radius 3 is 2.90 bits per heavy atom. The van der Waals surface area contributed by atoms with Gasteiger partial charge in [0.2, 0.25) is 0 Å². The molecule has 0 saturated carbocycles. The van der Waals surface area contributed by atoms with Gasteiger partial charge in [-0.25, -0.2) is 14.8 Å². The number of carboxylic acids is 1. The van der Waals surface area contributed by atoms with Gasteiger partial charge in [0.1, 0.15) is 17.8 Å². The fourth-order valence-electron chi connectivity index (χ4n) is 2.23. The van der Waals surface area contributed by atoms with E-state index >= 15 is 0 Å². The Hall–Kier alpha value is -2.89. The Morgan fingerprint density at radius 2 is 2.20 bits per heavy atom. The smallest absolute Gasteiger partial charge is 0.352 e. The largest absolute Gasteiger partial charge is 0.477 e. The highest BCUT2D eigenvalue weighted by molar-refractivity contribution is 6.00. The van der Waals surface area contributed by atoms with Gasteiger partial charge in [0.25, 0.3) is 0 Å². The first-order chi connectivity index (χ1) is 9.66. The number of hydrogen-bond donors (Lipinski definition) is 2. The quantitative estimate of drug-likeness (QED) is 0.762. The summed E-state index contributed by atoms with van der Waals surface area (Å²) in [4.78, 5) is 19.2. The molecule has 3 aromatic rings. The second-order valence-electron chi connectivity index (χ2n) is 4.36. The molecule has 0 aliphatic rings. The highest BCUT2D eigenvalue weighted by Crippen LogP contribution is 2.28. The minimum Gasteiger partial charge on any atom is -0.477 e. The van der Waals surface area contributed by atoms with E-state index in [1.54, 1.807) is 29.9 Å². The van der Waals surface area contributed by atoms with Crippen LogP contribution in [0.4, 0.5) is 11.5 Å². The lowest BCUT2D eigenvalue weighted by Gasteiger charge is -2.09. The second kappa shape index (κ2) is 4.65. The summed E-state index contributed by atoms with van der Waals surface area (Å²) in [6, 6.07) is 9.04. The van der Waals surface area contributed by atoms with Crippen LogP contribution < -0.4 is 5.32 Å². The lowest BCUT2D eigenvalue weighted by molar-refractivity contribution is 0.0687. The normalized spacial score (nSPS) is 10.7. The van der Waals surface area contributed by atoms with Crippen molar-refractivity contribution in [3.05, 3.63) is 48.5 Å². The summed E-state index contributed by atoms with van der Waals surface area (Å²) in [6.07, 6.45) is 3.10. The molecule has 0 aliphatic carbocycles. The maximum atomic E-state index is 11.2. The highest BCUT2D eigenvalue weighted by Gasteiger charge is 2.14. The van der Waals surface area contributed by atoms with Crippen molar-refractivity contribution in [1.82, 2.24) is 14.5 Å². The van der Waals surface area contributed by atoms with Gasteiger partial charge in [-0.05, 0) is 18.2 Å². The number of anilines is 2. The Labute approximate surface area is 114 Å². The van der Waals surface area contributed by atoms with Gasteiger partial charge in [0, 0.05) is 18.6 Å². The molecule has 2 N–H and O–H groups in total. The number of nitrogens with zero attached hydrogens (tertiary/aromatic N) is 3. The molecular weight excluding hydrogens is 256 g/mol. The predicted octanol–water partition coefficient (Wildman–Crippen LogP) is 2.41. The number of fused-ring (bicyclic) bond motifs is 1. The van der Waals surface area contributed by atoms with Crippen LogP contribution in [0, 0.1) is 0 Å². The van der Waals surface area contributed by atoms with Crippen molar-refractivity contribution in [2.24, 2.45) is 7.05 Å². The zero-order valence-corrected chi connectivity index (χ0v) is 10.7. The van der Waals surface area contributed by atoms with Gasteiger partial charge in [-0.3, -0.25) is 0 Å². The molecule has 100 valence electrons. The summed E-state index contributed by atoms with van der Waals surface area (Å²) >= 11 is 0. The van der Waals surface area contributed by atoms with Gasteiger partial charge in [0.05, 0.1) is 11.2 Å². The number of nitrogens with one attached hydrogen (secondary N) is 1. The van der Waals surface area contributed by atoms with Crippen LogP contribution in [0.1, 0.15) is 10.5 Å². The number of aromatic carboxylic acids is 1.